The van der Waals surface area contributed by atoms with Crippen molar-refractivity contribution in [2.75, 3.05) is 6.54 Å². The van der Waals surface area contributed by atoms with E-state index in [9.17, 15) is 9.59 Å². The second-order valence-electron chi connectivity index (χ2n) is 3.66. The van der Waals surface area contributed by atoms with E-state index in [4.69, 9.17) is 4.42 Å². The molecule has 1 unspecified atom stereocenters. The van der Waals surface area contributed by atoms with E-state index in [1.807, 2.05) is 6.07 Å². The van der Waals surface area contributed by atoms with Gasteiger partial charge in [0.2, 0.25) is 0 Å². The van der Waals surface area contributed by atoms with Crippen molar-refractivity contribution in [3.8, 4) is 0 Å². The fourth-order valence-corrected chi connectivity index (χ4v) is 1.32. The van der Waals surface area contributed by atoms with E-state index in [1.54, 1.807) is 19.3 Å². The highest BCUT2D eigenvalue weighted by Gasteiger charge is 2.15. The largest absolute Gasteiger partial charge is 0.469 e. The first kappa shape index (κ1) is 13.0. The Balaban J connectivity index is 2.35. The summed E-state index contributed by atoms with van der Waals surface area (Å²) >= 11 is 0. The van der Waals surface area contributed by atoms with Crippen LogP contribution in [0.15, 0.2) is 35.5 Å². The summed E-state index contributed by atoms with van der Waals surface area (Å²) in [5, 5.41) is 4.99. The normalized spacial score (nSPS) is 11.6. The molecule has 1 aromatic heterocycles. The molecule has 0 radical (unpaired) electrons. The van der Waals surface area contributed by atoms with E-state index in [-0.39, 0.29) is 12.6 Å². The van der Waals surface area contributed by atoms with E-state index in [1.165, 1.54) is 6.08 Å². The van der Waals surface area contributed by atoms with Crippen LogP contribution in [-0.4, -0.2) is 24.4 Å². The molecule has 1 atom stereocenters. The number of carbonyl (C=O) groups excluding carboxylic acids is 2. The summed E-state index contributed by atoms with van der Waals surface area (Å²) in [6.45, 7) is 5.53. The van der Waals surface area contributed by atoms with Crippen LogP contribution in [-0.2, 0) is 16.0 Å². The van der Waals surface area contributed by atoms with Gasteiger partial charge in [0, 0.05) is 19.0 Å². The fraction of sp³-hybridized carbons (Fsp3) is 0.333. The van der Waals surface area contributed by atoms with Crippen LogP contribution in [0.1, 0.15) is 12.7 Å². The molecule has 0 aliphatic heterocycles. The van der Waals surface area contributed by atoms with E-state index in [0.717, 1.165) is 5.76 Å². The highest BCUT2D eigenvalue weighted by atomic mass is 16.3. The molecule has 0 bridgehead atoms. The lowest BCUT2D eigenvalue weighted by Crippen LogP contribution is -2.44. The maximum absolute atomic E-state index is 11.4. The second kappa shape index (κ2) is 6.52. The molecule has 1 aromatic rings. The van der Waals surface area contributed by atoms with Gasteiger partial charge in [-0.05, 0) is 19.1 Å². The molecular weight excluding hydrogens is 220 g/mol. The maximum Gasteiger partial charge on any atom is 0.309 e. The summed E-state index contributed by atoms with van der Waals surface area (Å²) in [5.41, 5.74) is 0. The van der Waals surface area contributed by atoms with Gasteiger partial charge in [0.05, 0.1) is 6.26 Å². The minimum atomic E-state index is -0.656. The van der Waals surface area contributed by atoms with E-state index < -0.39 is 11.8 Å². The number of furan rings is 1. The Bertz CT molecular complexity index is 384. The smallest absolute Gasteiger partial charge is 0.309 e. The maximum atomic E-state index is 11.4. The van der Waals surface area contributed by atoms with Crippen molar-refractivity contribution >= 4 is 11.8 Å². The lowest BCUT2D eigenvalue weighted by molar-refractivity contribution is -0.139. The van der Waals surface area contributed by atoms with Crippen molar-refractivity contribution in [2.24, 2.45) is 0 Å². The number of hydrogen-bond acceptors (Lipinski definition) is 3. The molecule has 5 nitrogen and oxygen atoms in total. The highest BCUT2D eigenvalue weighted by molar-refractivity contribution is 6.35. The molecule has 0 saturated carbocycles. The van der Waals surface area contributed by atoms with Crippen LogP contribution in [0.5, 0.6) is 0 Å². The van der Waals surface area contributed by atoms with Gasteiger partial charge in [0.15, 0.2) is 0 Å². The predicted molar refractivity (Wildman–Crippen MR) is 63.2 cm³/mol. The molecular formula is C12H16N2O3. The van der Waals surface area contributed by atoms with Crippen LogP contribution >= 0.6 is 0 Å². The molecule has 0 saturated heterocycles. The van der Waals surface area contributed by atoms with E-state index in [0.29, 0.717) is 6.42 Å². The summed E-state index contributed by atoms with van der Waals surface area (Å²) < 4.78 is 5.15. The first-order valence-corrected chi connectivity index (χ1v) is 5.35. The Morgan fingerprint density at radius 2 is 2.29 bits per heavy atom. The first-order chi connectivity index (χ1) is 8.13. The molecule has 2 amide bonds. The number of amides is 2. The van der Waals surface area contributed by atoms with Crippen LogP contribution < -0.4 is 10.6 Å². The number of carbonyl (C=O) groups is 2. The van der Waals surface area contributed by atoms with Gasteiger partial charge >= 0.3 is 11.8 Å². The molecule has 0 aliphatic carbocycles. The summed E-state index contributed by atoms with van der Waals surface area (Å²) in [5.74, 6) is -0.536. The van der Waals surface area contributed by atoms with Crippen LogP contribution in [0.2, 0.25) is 0 Å². The highest BCUT2D eigenvalue weighted by Crippen LogP contribution is 2.03. The Morgan fingerprint density at radius 3 is 2.88 bits per heavy atom. The van der Waals surface area contributed by atoms with Gasteiger partial charge in [-0.15, -0.1) is 6.58 Å². The van der Waals surface area contributed by atoms with Crippen molar-refractivity contribution in [3.05, 3.63) is 36.8 Å². The molecule has 5 heteroatoms. The van der Waals surface area contributed by atoms with Gasteiger partial charge in [0.25, 0.3) is 0 Å². The quantitative estimate of drug-likeness (QED) is 0.582. The molecule has 1 rings (SSSR count). The third-order valence-corrected chi connectivity index (χ3v) is 2.08. The van der Waals surface area contributed by atoms with Gasteiger partial charge in [-0.2, -0.15) is 0 Å². The zero-order valence-corrected chi connectivity index (χ0v) is 9.73. The summed E-state index contributed by atoms with van der Waals surface area (Å²) in [6.07, 6.45) is 3.63. The second-order valence-corrected chi connectivity index (χ2v) is 3.66. The van der Waals surface area contributed by atoms with Crippen molar-refractivity contribution in [2.45, 2.75) is 19.4 Å². The average molecular weight is 236 g/mol. The zero-order valence-electron chi connectivity index (χ0n) is 9.73. The molecule has 0 aliphatic rings. The molecule has 92 valence electrons. The SMILES string of the molecule is C=CCNC(=O)C(=O)NC(C)Cc1ccco1. The number of rotatable bonds is 5. The lowest BCUT2D eigenvalue weighted by atomic mass is 10.2. The Morgan fingerprint density at radius 1 is 1.53 bits per heavy atom. The molecule has 0 fully saturated rings. The topological polar surface area (TPSA) is 71.3 Å². The standard InChI is InChI=1S/C12H16N2O3/c1-3-6-13-11(15)12(16)14-9(2)8-10-5-4-7-17-10/h3-5,7,9H,1,6,8H2,2H3,(H,13,15)(H,14,16). The predicted octanol–water partition coefficient (Wildman–Crippen LogP) is 0.629. The Kier molecular flexibility index (Phi) is 5.00. The van der Waals surface area contributed by atoms with Crippen molar-refractivity contribution < 1.29 is 14.0 Å². The number of nitrogens with one attached hydrogen (secondary N) is 2. The summed E-state index contributed by atoms with van der Waals surface area (Å²) in [4.78, 5) is 22.6. The zero-order chi connectivity index (χ0) is 12.7. The number of hydrogen-bond donors (Lipinski definition) is 2. The molecule has 17 heavy (non-hydrogen) atoms. The van der Waals surface area contributed by atoms with Crippen molar-refractivity contribution in [3.63, 3.8) is 0 Å². The van der Waals surface area contributed by atoms with Gasteiger partial charge in [-0.1, -0.05) is 6.08 Å². The minimum absolute atomic E-state index is 0.164. The van der Waals surface area contributed by atoms with Gasteiger partial charge < -0.3 is 15.1 Å². The van der Waals surface area contributed by atoms with Gasteiger partial charge in [-0.3, -0.25) is 9.59 Å². The van der Waals surface area contributed by atoms with E-state index in [2.05, 4.69) is 17.2 Å². The third kappa shape index (κ3) is 4.55. The van der Waals surface area contributed by atoms with Crippen molar-refractivity contribution in [1.82, 2.24) is 10.6 Å². The fourth-order valence-electron chi connectivity index (χ4n) is 1.32. The van der Waals surface area contributed by atoms with Gasteiger partial charge in [-0.25, -0.2) is 0 Å². The van der Waals surface area contributed by atoms with Crippen LogP contribution in [0.3, 0.4) is 0 Å². The molecule has 2 N–H and O–H groups in total. The van der Waals surface area contributed by atoms with E-state index >= 15 is 0 Å². The van der Waals surface area contributed by atoms with Gasteiger partial charge in [0.1, 0.15) is 5.76 Å². The monoisotopic (exact) mass is 236 g/mol. The Labute approximate surface area is 99.9 Å². The first-order valence-electron chi connectivity index (χ1n) is 5.35. The average Bonchev–Trinajstić information content (AvgIpc) is 2.78. The Hall–Kier alpha value is -2.04. The lowest BCUT2D eigenvalue weighted by Gasteiger charge is -2.11. The van der Waals surface area contributed by atoms with Crippen molar-refractivity contribution in [1.29, 1.82) is 0 Å². The molecule has 0 aromatic carbocycles. The van der Waals surface area contributed by atoms with Crippen LogP contribution in [0, 0.1) is 0 Å². The molecule has 0 spiro atoms. The third-order valence-electron chi connectivity index (χ3n) is 2.08. The summed E-state index contributed by atoms with van der Waals surface area (Å²) in [7, 11) is 0. The summed E-state index contributed by atoms with van der Waals surface area (Å²) in [6, 6.07) is 3.43. The van der Waals surface area contributed by atoms with Crippen LogP contribution in [0.25, 0.3) is 0 Å². The van der Waals surface area contributed by atoms with Crippen LogP contribution in [0.4, 0.5) is 0 Å². The minimum Gasteiger partial charge on any atom is -0.469 e. The molecule has 1 heterocycles.